The van der Waals surface area contributed by atoms with E-state index in [0.29, 0.717) is 5.69 Å². The number of aryl methyl sites for hydroxylation is 1. The molecule has 0 atom stereocenters. The highest BCUT2D eigenvalue weighted by molar-refractivity contribution is 5.87. The Kier molecular flexibility index (Phi) is 3.47. The van der Waals surface area contributed by atoms with Gasteiger partial charge in [0.1, 0.15) is 0 Å². The lowest BCUT2D eigenvalue weighted by atomic mass is 10.1. The summed E-state index contributed by atoms with van der Waals surface area (Å²) in [7, 11) is 0. The fourth-order valence-corrected chi connectivity index (χ4v) is 2.89. The van der Waals surface area contributed by atoms with Crippen molar-refractivity contribution in [2.45, 2.75) is 33.8 Å². The van der Waals surface area contributed by atoms with Gasteiger partial charge in [0.15, 0.2) is 0 Å². The van der Waals surface area contributed by atoms with Crippen LogP contribution in [0.4, 0.5) is 0 Å². The number of hydrogen-bond donors (Lipinski definition) is 1. The number of aromatic nitrogens is 3. The number of benzene rings is 1. The van der Waals surface area contributed by atoms with E-state index in [2.05, 4.69) is 23.9 Å². The highest BCUT2D eigenvalue weighted by atomic mass is 16.3. The predicted octanol–water partition coefficient (Wildman–Crippen LogP) is 3.09. The van der Waals surface area contributed by atoms with Crippen LogP contribution in [0.3, 0.4) is 0 Å². The molecule has 0 unspecified atom stereocenters. The van der Waals surface area contributed by atoms with Crippen LogP contribution >= 0.6 is 0 Å². The van der Waals surface area contributed by atoms with Gasteiger partial charge >= 0.3 is 0 Å². The summed E-state index contributed by atoms with van der Waals surface area (Å²) >= 11 is 0. The summed E-state index contributed by atoms with van der Waals surface area (Å²) in [5.74, 6) is 0. The van der Waals surface area contributed by atoms with E-state index in [1.54, 1.807) is 0 Å². The van der Waals surface area contributed by atoms with E-state index >= 15 is 0 Å². The summed E-state index contributed by atoms with van der Waals surface area (Å²) in [4.78, 5) is 4.47. The van der Waals surface area contributed by atoms with E-state index in [1.807, 2.05) is 41.9 Å². The lowest BCUT2D eigenvalue weighted by Gasteiger charge is -2.10. The van der Waals surface area contributed by atoms with Gasteiger partial charge in [-0.3, -0.25) is 4.98 Å². The second-order valence-electron chi connectivity index (χ2n) is 5.22. The van der Waals surface area contributed by atoms with Gasteiger partial charge < -0.3 is 5.11 Å². The SMILES string of the molecule is CCc1c(C)nn(-c2cc(CO)nc3ccccc23)c1C. The highest BCUT2D eigenvalue weighted by Gasteiger charge is 2.14. The Morgan fingerprint density at radius 1 is 1.19 bits per heavy atom. The Bertz CT molecular complexity index is 805. The maximum Gasteiger partial charge on any atom is 0.0854 e. The molecule has 3 aromatic rings. The minimum Gasteiger partial charge on any atom is -0.390 e. The van der Waals surface area contributed by atoms with Crippen LogP contribution in [-0.4, -0.2) is 19.9 Å². The summed E-state index contributed by atoms with van der Waals surface area (Å²) in [5, 5.41) is 15.2. The topological polar surface area (TPSA) is 50.9 Å². The molecule has 0 saturated carbocycles. The first-order valence-corrected chi connectivity index (χ1v) is 7.20. The third-order valence-electron chi connectivity index (χ3n) is 3.93. The van der Waals surface area contributed by atoms with Gasteiger partial charge in [0.25, 0.3) is 0 Å². The Hall–Kier alpha value is -2.20. The standard InChI is InChI=1S/C17H19N3O/c1-4-14-11(2)19-20(12(14)3)17-9-13(10-21)18-16-8-6-5-7-15(16)17/h5-9,21H,4,10H2,1-3H3. The van der Waals surface area contributed by atoms with Gasteiger partial charge in [-0.15, -0.1) is 0 Å². The molecule has 108 valence electrons. The molecule has 0 radical (unpaired) electrons. The molecular formula is C17H19N3O. The van der Waals surface area contributed by atoms with Crippen LogP contribution in [0, 0.1) is 13.8 Å². The van der Waals surface area contributed by atoms with E-state index < -0.39 is 0 Å². The minimum atomic E-state index is -0.0717. The van der Waals surface area contributed by atoms with Crippen molar-refractivity contribution in [3.63, 3.8) is 0 Å². The molecule has 0 fully saturated rings. The fourth-order valence-electron chi connectivity index (χ4n) is 2.89. The number of pyridine rings is 1. The van der Waals surface area contributed by atoms with Crippen molar-refractivity contribution in [2.24, 2.45) is 0 Å². The first kappa shape index (κ1) is 13.8. The van der Waals surface area contributed by atoms with Gasteiger partial charge in [0.2, 0.25) is 0 Å². The van der Waals surface area contributed by atoms with E-state index in [1.165, 1.54) is 5.56 Å². The molecule has 4 nitrogen and oxygen atoms in total. The van der Waals surface area contributed by atoms with Gasteiger partial charge in [-0.2, -0.15) is 5.10 Å². The van der Waals surface area contributed by atoms with Crippen molar-refractivity contribution < 1.29 is 5.11 Å². The van der Waals surface area contributed by atoms with Crippen molar-refractivity contribution in [1.29, 1.82) is 0 Å². The average molecular weight is 281 g/mol. The van der Waals surface area contributed by atoms with Gasteiger partial charge in [0, 0.05) is 11.1 Å². The summed E-state index contributed by atoms with van der Waals surface area (Å²) in [6.07, 6.45) is 0.966. The molecule has 0 saturated heterocycles. The quantitative estimate of drug-likeness (QED) is 0.802. The second kappa shape index (κ2) is 5.30. The average Bonchev–Trinajstić information content (AvgIpc) is 2.80. The van der Waals surface area contributed by atoms with Crippen molar-refractivity contribution in [3.05, 3.63) is 53.0 Å². The largest absolute Gasteiger partial charge is 0.390 e. The lowest BCUT2D eigenvalue weighted by molar-refractivity contribution is 0.277. The molecule has 0 aliphatic carbocycles. The molecule has 4 heteroatoms. The molecule has 0 spiro atoms. The summed E-state index contributed by atoms with van der Waals surface area (Å²) in [6.45, 7) is 6.20. The second-order valence-corrected chi connectivity index (χ2v) is 5.22. The Labute approximate surface area is 124 Å². The first-order valence-electron chi connectivity index (χ1n) is 7.20. The van der Waals surface area contributed by atoms with Gasteiger partial charge in [0.05, 0.1) is 29.2 Å². The van der Waals surface area contributed by atoms with Gasteiger partial charge in [-0.25, -0.2) is 4.68 Å². The van der Waals surface area contributed by atoms with Crippen LogP contribution in [0.15, 0.2) is 30.3 Å². The van der Waals surface area contributed by atoms with Crippen LogP contribution in [0.5, 0.6) is 0 Å². The molecule has 0 amide bonds. The molecule has 21 heavy (non-hydrogen) atoms. The Morgan fingerprint density at radius 3 is 2.62 bits per heavy atom. The van der Waals surface area contributed by atoms with E-state index in [0.717, 1.165) is 34.4 Å². The molecule has 0 aliphatic heterocycles. The lowest BCUT2D eigenvalue weighted by Crippen LogP contribution is -2.03. The molecular weight excluding hydrogens is 262 g/mol. The third kappa shape index (κ3) is 2.21. The van der Waals surface area contributed by atoms with Crippen LogP contribution in [0.25, 0.3) is 16.6 Å². The van der Waals surface area contributed by atoms with E-state index in [4.69, 9.17) is 0 Å². The molecule has 2 aromatic heterocycles. The van der Waals surface area contributed by atoms with E-state index in [-0.39, 0.29) is 6.61 Å². The number of aliphatic hydroxyl groups excluding tert-OH is 1. The third-order valence-corrected chi connectivity index (χ3v) is 3.93. The predicted molar refractivity (Wildman–Crippen MR) is 83.6 cm³/mol. The van der Waals surface area contributed by atoms with Crippen molar-refractivity contribution in [1.82, 2.24) is 14.8 Å². The zero-order valence-corrected chi connectivity index (χ0v) is 12.6. The first-order chi connectivity index (χ1) is 10.2. The smallest absolute Gasteiger partial charge is 0.0854 e. The zero-order chi connectivity index (χ0) is 15.0. The number of rotatable bonds is 3. The van der Waals surface area contributed by atoms with Crippen molar-refractivity contribution in [2.75, 3.05) is 0 Å². The maximum absolute atomic E-state index is 9.45. The highest BCUT2D eigenvalue weighted by Crippen LogP contribution is 2.25. The Morgan fingerprint density at radius 2 is 1.95 bits per heavy atom. The minimum absolute atomic E-state index is 0.0717. The number of hydrogen-bond acceptors (Lipinski definition) is 3. The number of para-hydroxylation sites is 1. The van der Waals surface area contributed by atoms with E-state index in [9.17, 15) is 5.11 Å². The van der Waals surface area contributed by atoms with Crippen LogP contribution in [-0.2, 0) is 13.0 Å². The number of aliphatic hydroxyl groups is 1. The monoisotopic (exact) mass is 281 g/mol. The van der Waals surface area contributed by atoms with Crippen molar-refractivity contribution >= 4 is 10.9 Å². The summed E-state index contributed by atoms with van der Waals surface area (Å²) in [5.41, 5.74) is 6.00. The molecule has 1 aromatic carbocycles. The van der Waals surface area contributed by atoms with Crippen molar-refractivity contribution in [3.8, 4) is 5.69 Å². The normalized spacial score (nSPS) is 11.2. The molecule has 0 aliphatic rings. The fraction of sp³-hybridized carbons (Fsp3) is 0.294. The van der Waals surface area contributed by atoms with Crippen LogP contribution in [0.2, 0.25) is 0 Å². The molecule has 2 heterocycles. The van der Waals surface area contributed by atoms with Crippen LogP contribution < -0.4 is 0 Å². The van der Waals surface area contributed by atoms with Gasteiger partial charge in [-0.1, -0.05) is 25.1 Å². The molecule has 3 rings (SSSR count). The van der Waals surface area contributed by atoms with Gasteiger partial charge in [-0.05, 0) is 38.0 Å². The maximum atomic E-state index is 9.45. The molecule has 1 N–H and O–H groups in total. The zero-order valence-electron chi connectivity index (χ0n) is 12.6. The van der Waals surface area contributed by atoms with Crippen LogP contribution in [0.1, 0.15) is 29.6 Å². The molecule has 0 bridgehead atoms. The number of nitrogens with zero attached hydrogens (tertiary/aromatic N) is 3. The number of fused-ring (bicyclic) bond motifs is 1. The Balaban J connectivity index is 2.34. The summed E-state index contributed by atoms with van der Waals surface area (Å²) in [6, 6.07) is 9.88. The summed E-state index contributed by atoms with van der Waals surface area (Å²) < 4.78 is 1.97.